The first-order chi connectivity index (χ1) is 3.48. The van der Waals surface area contributed by atoms with Crippen LogP contribution in [0.3, 0.4) is 0 Å². The second-order valence-corrected chi connectivity index (χ2v) is 1.03. The van der Waals surface area contributed by atoms with E-state index in [9.17, 15) is 17.6 Å². The van der Waals surface area contributed by atoms with Crippen LogP contribution in [0.4, 0.5) is 17.6 Å². The molecule has 0 bridgehead atoms. The maximum atomic E-state index is 11.2. The molecule has 2 N–H and O–H groups in total. The molecule has 1 atom stereocenters. The minimum atomic E-state index is -5.02. The van der Waals surface area contributed by atoms with E-state index >= 15 is 0 Å². The van der Waals surface area contributed by atoms with Crippen LogP contribution in [0.15, 0.2) is 0 Å². The summed E-state index contributed by atoms with van der Waals surface area (Å²) in [5.41, 5.74) is 0.413. The van der Waals surface area contributed by atoms with Gasteiger partial charge in [-0.2, -0.15) is 18.7 Å². The Bertz CT molecular complexity index is 70.9. The van der Waals surface area contributed by atoms with Crippen molar-refractivity contribution in [3.8, 4) is 0 Å². The van der Waals surface area contributed by atoms with Crippen LogP contribution >= 0.6 is 0 Å². The van der Waals surface area contributed by atoms with Crippen LogP contribution in [-0.2, 0) is 0 Å². The molecule has 0 aliphatic carbocycles. The lowest BCUT2D eigenvalue weighted by Gasteiger charge is -2.08. The first-order valence-electron chi connectivity index (χ1n) is 1.59. The van der Waals surface area contributed by atoms with Gasteiger partial charge in [0.2, 0.25) is 0 Å². The SMILES string of the molecule is ONC(F)C(F)(F)F. The van der Waals surface area contributed by atoms with E-state index in [1.54, 1.807) is 0 Å². The Balaban J connectivity index is 3.62. The van der Waals surface area contributed by atoms with E-state index in [-0.39, 0.29) is 0 Å². The van der Waals surface area contributed by atoms with Crippen molar-refractivity contribution in [2.75, 3.05) is 0 Å². The third-order valence-corrected chi connectivity index (χ3v) is 0.401. The summed E-state index contributed by atoms with van der Waals surface area (Å²) < 4.78 is 43.7. The largest absolute Gasteiger partial charge is 0.435 e. The third-order valence-electron chi connectivity index (χ3n) is 0.401. The van der Waals surface area contributed by atoms with Crippen LogP contribution in [-0.4, -0.2) is 17.7 Å². The zero-order chi connectivity index (χ0) is 6.78. The molecule has 50 valence electrons. The van der Waals surface area contributed by atoms with Crippen molar-refractivity contribution in [2.45, 2.75) is 12.5 Å². The van der Waals surface area contributed by atoms with Crippen LogP contribution in [0, 0.1) is 0 Å². The van der Waals surface area contributed by atoms with E-state index in [1.807, 2.05) is 0 Å². The Hall–Kier alpha value is -0.360. The molecule has 0 aliphatic heterocycles. The maximum absolute atomic E-state index is 11.2. The van der Waals surface area contributed by atoms with E-state index in [1.165, 1.54) is 0 Å². The molecule has 0 saturated carbocycles. The number of alkyl halides is 4. The molecule has 0 aromatic rings. The second kappa shape index (κ2) is 2.27. The minimum absolute atomic E-state index is 0.413. The molecule has 0 heterocycles. The van der Waals surface area contributed by atoms with Gasteiger partial charge in [-0.15, -0.1) is 0 Å². The van der Waals surface area contributed by atoms with E-state index in [2.05, 4.69) is 0 Å². The van der Waals surface area contributed by atoms with Crippen LogP contribution in [0.1, 0.15) is 0 Å². The average molecular weight is 133 g/mol. The Morgan fingerprint density at radius 2 is 1.75 bits per heavy atom. The minimum Gasteiger partial charge on any atom is -0.314 e. The van der Waals surface area contributed by atoms with E-state index in [0.717, 1.165) is 0 Å². The lowest BCUT2D eigenvalue weighted by atomic mass is 10.6. The summed E-state index contributed by atoms with van der Waals surface area (Å²) in [4.78, 5) is 0. The first-order valence-corrected chi connectivity index (χ1v) is 1.59. The van der Waals surface area contributed by atoms with Gasteiger partial charge in [0, 0.05) is 0 Å². The smallest absolute Gasteiger partial charge is 0.314 e. The van der Waals surface area contributed by atoms with Crippen molar-refractivity contribution < 1.29 is 22.8 Å². The van der Waals surface area contributed by atoms with Gasteiger partial charge in [-0.05, 0) is 0 Å². The molecule has 0 aromatic heterocycles. The summed E-state index contributed by atoms with van der Waals surface area (Å²) in [5.74, 6) is 0. The number of hydrogen-bond donors (Lipinski definition) is 2. The van der Waals surface area contributed by atoms with Gasteiger partial charge in [-0.25, -0.2) is 4.39 Å². The summed E-state index contributed by atoms with van der Waals surface area (Å²) in [5, 5.41) is 7.33. The van der Waals surface area contributed by atoms with Crippen molar-refractivity contribution in [1.82, 2.24) is 5.48 Å². The van der Waals surface area contributed by atoms with Gasteiger partial charge in [-0.1, -0.05) is 0 Å². The number of rotatable bonds is 1. The van der Waals surface area contributed by atoms with Crippen molar-refractivity contribution in [2.24, 2.45) is 0 Å². The van der Waals surface area contributed by atoms with Crippen molar-refractivity contribution >= 4 is 0 Å². The Morgan fingerprint density at radius 1 is 1.38 bits per heavy atom. The molecule has 0 rings (SSSR count). The van der Waals surface area contributed by atoms with Crippen molar-refractivity contribution in [3.05, 3.63) is 0 Å². The molecule has 0 saturated heterocycles. The van der Waals surface area contributed by atoms with Gasteiger partial charge in [0.15, 0.2) is 0 Å². The monoisotopic (exact) mass is 133 g/mol. The summed E-state index contributed by atoms with van der Waals surface area (Å²) in [6.07, 6.45) is -8.36. The molecule has 1 unspecified atom stereocenters. The number of hydrogen-bond acceptors (Lipinski definition) is 2. The lowest BCUT2D eigenvalue weighted by Crippen LogP contribution is -2.36. The second-order valence-electron chi connectivity index (χ2n) is 1.03. The predicted octanol–water partition coefficient (Wildman–Crippen LogP) is 0.823. The molecular weight excluding hydrogens is 130 g/mol. The van der Waals surface area contributed by atoms with Crippen LogP contribution < -0.4 is 5.48 Å². The Labute approximate surface area is 42.1 Å². The van der Waals surface area contributed by atoms with E-state index in [0.29, 0.717) is 5.48 Å². The summed E-state index contributed by atoms with van der Waals surface area (Å²) in [7, 11) is 0. The van der Waals surface area contributed by atoms with Crippen molar-refractivity contribution in [3.63, 3.8) is 0 Å². The summed E-state index contributed by atoms with van der Waals surface area (Å²) >= 11 is 0. The van der Waals surface area contributed by atoms with Gasteiger partial charge < -0.3 is 5.21 Å². The van der Waals surface area contributed by atoms with Gasteiger partial charge in [0.1, 0.15) is 0 Å². The molecule has 0 radical (unpaired) electrons. The van der Waals surface area contributed by atoms with Gasteiger partial charge >= 0.3 is 6.18 Å². The zero-order valence-electron chi connectivity index (χ0n) is 3.54. The fraction of sp³-hybridized carbons (Fsp3) is 1.00. The van der Waals surface area contributed by atoms with Crippen LogP contribution in [0.25, 0.3) is 0 Å². The highest BCUT2D eigenvalue weighted by Crippen LogP contribution is 2.19. The zero-order valence-corrected chi connectivity index (χ0v) is 3.54. The van der Waals surface area contributed by atoms with E-state index in [4.69, 9.17) is 5.21 Å². The standard InChI is InChI=1S/C2H3F4NO/c3-1(7-8)2(4,5)6/h1,7-8H. The fourth-order valence-electron chi connectivity index (χ4n) is 0.0732. The molecule has 0 spiro atoms. The maximum Gasteiger partial charge on any atom is 0.435 e. The summed E-state index contributed by atoms with van der Waals surface area (Å²) in [6, 6.07) is 0. The third kappa shape index (κ3) is 2.08. The molecule has 0 aromatic carbocycles. The number of hydroxylamine groups is 1. The molecule has 0 amide bonds. The molecule has 0 fully saturated rings. The highest BCUT2D eigenvalue weighted by molar-refractivity contribution is 4.55. The van der Waals surface area contributed by atoms with Crippen LogP contribution in [0.5, 0.6) is 0 Å². The van der Waals surface area contributed by atoms with Crippen molar-refractivity contribution in [1.29, 1.82) is 0 Å². The molecule has 6 heteroatoms. The van der Waals surface area contributed by atoms with Gasteiger partial charge in [0.25, 0.3) is 6.30 Å². The quantitative estimate of drug-likeness (QED) is 0.315. The van der Waals surface area contributed by atoms with Gasteiger partial charge in [0.05, 0.1) is 0 Å². The topological polar surface area (TPSA) is 32.3 Å². The van der Waals surface area contributed by atoms with Crippen LogP contribution in [0.2, 0.25) is 0 Å². The molecular formula is C2H3F4NO. The Morgan fingerprint density at radius 3 is 1.75 bits per heavy atom. The number of halogens is 4. The molecule has 8 heavy (non-hydrogen) atoms. The van der Waals surface area contributed by atoms with E-state index < -0.39 is 12.5 Å². The predicted molar refractivity (Wildman–Crippen MR) is 15.9 cm³/mol. The highest BCUT2D eigenvalue weighted by atomic mass is 19.4. The highest BCUT2D eigenvalue weighted by Gasteiger charge is 2.39. The lowest BCUT2D eigenvalue weighted by molar-refractivity contribution is -0.212. The Kier molecular flexibility index (Phi) is 2.17. The molecule has 0 aliphatic rings. The number of nitrogens with one attached hydrogen (secondary N) is 1. The normalized spacial score (nSPS) is 16.1. The first kappa shape index (κ1) is 7.64. The summed E-state index contributed by atoms with van der Waals surface area (Å²) in [6.45, 7) is 0. The average Bonchev–Trinajstić information content (AvgIpc) is 1.62. The molecule has 2 nitrogen and oxygen atoms in total. The fourth-order valence-corrected chi connectivity index (χ4v) is 0.0732. The van der Waals surface area contributed by atoms with Gasteiger partial charge in [-0.3, -0.25) is 0 Å².